The van der Waals surface area contributed by atoms with E-state index in [1.54, 1.807) is 0 Å². The van der Waals surface area contributed by atoms with Gasteiger partial charge in [0, 0.05) is 11.1 Å². The zero-order valence-electron chi connectivity index (χ0n) is 10.8. The van der Waals surface area contributed by atoms with Crippen LogP contribution in [0, 0.1) is 0 Å². The highest BCUT2D eigenvalue weighted by Gasteiger charge is 2.18. The molecular formula is C14H12N2O4S. The molecule has 0 aliphatic carbocycles. The molecule has 0 saturated carbocycles. The molecule has 21 heavy (non-hydrogen) atoms. The van der Waals surface area contributed by atoms with Crippen LogP contribution in [0.2, 0.25) is 0 Å². The molecule has 0 spiro atoms. The fourth-order valence-electron chi connectivity index (χ4n) is 1.73. The largest absolute Gasteiger partial charge is 0.366 e. The van der Waals surface area contributed by atoms with E-state index >= 15 is 0 Å². The SMILES string of the molecule is NC(=O)c1ccc(S(=O)(=O)c2ccc(C(N)=O)cc2)cc1. The molecule has 0 atom stereocenters. The lowest BCUT2D eigenvalue weighted by Gasteiger charge is -2.06. The third-order valence-corrected chi connectivity index (χ3v) is 4.68. The molecule has 108 valence electrons. The van der Waals surface area contributed by atoms with Crippen molar-refractivity contribution in [2.24, 2.45) is 11.5 Å². The summed E-state index contributed by atoms with van der Waals surface area (Å²) in [5, 5.41) is 0. The second-order valence-electron chi connectivity index (χ2n) is 4.28. The maximum absolute atomic E-state index is 12.4. The van der Waals surface area contributed by atoms with Gasteiger partial charge in [0.05, 0.1) is 9.79 Å². The Labute approximate surface area is 121 Å². The van der Waals surface area contributed by atoms with Crippen molar-refractivity contribution in [2.75, 3.05) is 0 Å². The van der Waals surface area contributed by atoms with Crippen LogP contribution in [0.1, 0.15) is 20.7 Å². The predicted molar refractivity (Wildman–Crippen MR) is 75.4 cm³/mol. The summed E-state index contributed by atoms with van der Waals surface area (Å²) >= 11 is 0. The Balaban J connectivity index is 2.41. The van der Waals surface area contributed by atoms with Crippen LogP contribution in [0.5, 0.6) is 0 Å². The minimum atomic E-state index is -3.73. The smallest absolute Gasteiger partial charge is 0.248 e. The molecule has 0 aromatic heterocycles. The van der Waals surface area contributed by atoms with Crippen molar-refractivity contribution in [3.8, 4) is 0 Å². The molecule has 2 aromatic carbocycles. The fraction of sp³-hybridized carbons (Fsp3) is 0. The maximum atomic E-state index is 12.4. The summed E-state index contributed by atoms with van der Waals surface area (Å²) < 4.78 is 24.7. The van der Waals surface area contributed by atoms with Crippen LogP contribution in [-0.2, 0) is 9.84 Å². The second kappa shape index (κ2) is 5.37. The minimum absolute atomic E-state index is 0.0272. The molecule has 2 aromatic rings. The topological polar surface area (TPSA) is 120 Å². The Morgan fingerprint density at radius 1 is 0.667 bits per heavy atom. The van der Waals surface area contributed by atoms with E-state index in [2.05, 4.69) is 0 Å². The molecule has 0 unspecified atom stereocenters. The molecule has 0 bridgehead atoms. The number of hydrogen-bond acceptors (Lipinski definition) is 4. The van der Waals surface area contributed by atoms with Crippen molar-refractivity contribution in [3.63, 3.8) is 0 Å². The average Bonchev–Trinajstić information content (AvgIpc) is 2.47. The summed E-state index contributed by atoms with van der Waals surface area (Å²) in [6.45, 7) is 0. The second-order valence-corrected chi connectivity index (χ2v) is 6.23. The van der Waals surface area contributed by atoms with Crippen molar-refractivity contribution >= 4 is 21.7 Å². The minimum Gasteiger partial charge on any atom is -0.366 e. The first-order valence-corrected chi connectivity index (χ1v) is 7.35. The van der Waals surface area contributed by atoms with Crippen molar-refractivity contribution < 1.29 is 18.0 Å². The van der Waals surface area contributed by atoms with Gasteiger partial charge in [-0.1, -0.05) is 0 Å². The van der Waals surface area contributed by atoms with Gasteiger partial charge in [-0.05, 0) is 48.5 Å². The Bertz CT molecular complexity index is 730. The van der Waals surface area contributed by atoms with Gasteiger partial charge in [-0.3, -0.25) is 9.59 Å². The van der Waals surface area contributed by atoms with Gasteiger partial charge in [-0.25, -0.2) is 8.42 Å². The van der Waals surface area contributed by atoms with Gasteiger partial charge < -0.3 is 11.5 Å². The summed E-state index contributed by atoms with van der Waals surface area (Å²) in [4.78, 5) is 22.0. The van der Waals surface area contributed by atoms with Gasteiger partial charge in [-0.2, -0.15) is 0 Å². The summed E-state index contributed by atoms with van der Waals surface area (Å²) in [5.74, 6) is -1.27. The van der Waals surface area contributed by atoms with Gasteiger partial charge in [-0.15, -0.1) is 0 Å². The van der Waals surface area contributed by atoms with Crippen LogP contribution in [0.25, 0.3) is 0 Å². The molecule has 0 saturated heterocycles. The van der Waals surface area contributed by atoms with Crippen molar-refractivity contribution in [1.29, 1.82) is 0 Å². The number of benzene rings is 2. The summed E-state index contributed by atoms with van der Waals surface area (Å²) in [7, 11) is -3.73. The third kappa shape index (κ3) is 2.92. The molecule has 0 fully saturated rings. The lowest BCUT2D eigenvalue weighted by molar-refractivity contribution is 0.0992. The molecule has 0 heterocycles. The first-order valence-electron chi connectivity index (χ1n) is 5.87. The van der Waals surface area contributed by atoms with Gasteiger partial charge in [0.2, 0.25) is 21.7 Å². The van der Waals surface area contributed by atoms with E-state index < -0.39 is 21.7 Å². The Hall–Kier alpha value is -2.67. The van der Waals surface area contributed by atoms with Crippen molar-refractivity contribution in [1.82, 2.24) is 0 Å². The van der Waals surface area contributed by atoms with Gasteiger partial charge in [0.1, 0.15) is 0 Å². The van der Waals surface area contributed by atoms with E-state index in [0.717, 1.165) is 0 Å². The summed E-state index contributed by atoms with van der Waals surface area (Å²) in [5.41, 5.74) is 10.6. The number of rotatable bonds is 4. The standard InChI is InChI=1S/C14H12N2O4S/c15-13(17)9-1-5-11(6-2-9)21(19,20)12-7-3-10(4-8-12)14(16)18/h1-8H,(H2,15,17)(H2,16,18). The molecular weight excluding hydrogens is 292 g/mol. The van der Waals surface area contributed by atoms with E-state index in [1.165, 1.54) is 48.5 Å². The van der Waals surface area contributed by atoms with Crippen molar-refractivity contribution in [3.05, 3.63) is 59.7 Å². The van der Waals surface area contributed by atoms with Crippen molar-refractivity contribution in [2.45, 2.75) is 9.79 Å². The van der Waals surface area contributed by atoms with Gasteiger partial charge >= 0.3 is 0 Å². The van der Waals surface area contributed by atoms with E-state index in [9.17, 15) is 18.0 Å². The highest BCUT2D eigenvalue weighted by Crippen LogP contribution is 2.21. The van der Waals surface area contributed by atoms with Crippen LogP contribution in [-0.4, -0.2) is 20.2 Å². The van der Waals surface area contributed by atoms with E-state index in [0.29, 0.717) is 0 Å². The highest BCUT2D eigenvalue weighted by molar-refractivity contribution is 7.91. The number of carbonyl (C=O) groups excluding carboxylic acids is 2. The monoisotopic (exact) mass is 304 g/mol. The maximum Gasteiger partial charge on any atom is 0.248 e. The Kier molecular flexibility index (Phi) is 3.77. The van der Waals surface area contributed by atoms with Gasteiger partial charge in [0.25, 0.3) is 0 Å². The molecule has 0 aliphatic heterocycles. The zero-order chi connectivity index (χ0) is 15.6. The number of sulfone groups is 1. The van der Waals surface area contributed by atoms with Gasteiger partial charge in [0.15, 0.2) is 0 Å². The first-order chi connectivity index (χ1) is 9.82. The molecule has 7 heteroatoms. The highest BCUT2D eigenvalue weighted by atomic mass is 32.2. The third-order valence-electron chi connectivity index (χ3n) is 2.90. The molecule has 2 rings (SSSR count). The van der Waals surface area contributed by atoms with Crippen LogP contribution in [0.4, 0.5) is 0 Å². The number of primary amides is 2. The molecule has 6 nitrogen and oxygen atoms in total. The fourth-order valence-corrected chi connectivity index (χ4v) is 2.99. The normalized spacial score (nSPS) is 11.0. The molecule has 2 amide bonds. The Morgan fingerprint density at radius 2 is 0.952 bits per heavy atom. The number of nitrogens with two attached hydrogens (primary N) is 2. The zero-order valence-corrected chi connectivity index (χ0v) is 11.6. The van der Waals surface area contributed by atoms with Crippen LogP contribution >= 0.6 is 0 Å². The molecule has 0 radical (unpaired) electrons. The predicted octanol–water partition coefficient (Wildman–Crippen LogP) is 0.717. The number of hydrogen-bond donors (Lipinski definition) is 2. The Morgan fingerprint density at radius 3 is 1.19 bits per heavy atom. The quantitative estimate of drug-likeness (QED) is 0.864. The first kappa shape index (κ1) is 14.7. The molecule has 4 N–H and O–H groups in total. The van der Waals surface area contributed by atoms with Crippen LogP contribution in [0.15, 0.2) is 58.3 Å². The lowest BCUT2D eigenvalue weighted by Crippen LogP contribution is -2.12. The van der Waals surface area contributed by atoms with E-state index in [1.807, 2.05) is 0 Å². The molecule has 0 aliphatic rings. The van der Waals surface area contributed by atoms with Crippen LogP contribution < -0.4 is 11.5 Å². The number of carbonyl (C=O) groups is 2. The summed E-state index contributed by atoms with van der Waals surface area (Å²) in [6.07, 6.45) is 0. The van der Waals surface area contributed by atoms with E-state index in [-0.39, 0.29) is 20.9 Å². The average molecular weight is 304 g/mol. The van der Waals surface area contributed by atoms with E-state index in [4.69, 9.17) is 11.5 Å². The van der Waals surface area contributed by atoms with Crippen LogP contribution in [0.3, 0.4) is 0 Å². The number of amides is 2. The lowest BCUT2D eigenvalue weighted by atomic mass is 10.2. The summed E-state index contributed by atoms with van der Waals surface area (Å²) in [6, 6.07) is 10.6.